The third kappa shape index (κ3) is 2.52. The maximum atomic E-state index is 13.7. The van der Waals surface area contributed by atoms with E-state index in [1.165, 1.54) is 13.0 Å². The molecule has 4 nitrogen and oxygen atoms in total. The van der Waals surface area contributed by atoms with Gasteiger partial charge in [-0.2, -0.15) is 8.42 Å². The molecule has 0 bridgehead atoms. The van der Waals surface area contributed by atoms with Gasteiger partial charge >= 0.3 is 0 Å². The zero-order valence-corrected chi connectivity index (χ0v) is 10.6. The molecule has 7 heteroatoms. The third-order valence-corrected chi connectivity index (χ3v) is 3.46. The lowest BCUT2D eigenvalue weighted by Gasteiger charge is -2.20. The number of ether oxygens (including phenoxy) is 1. The van der Waals surface area contributed by atoms with Crippen molar-refractivity contribution in [3.8, 4) is 0 Å². The fourth-order valence-corrected chi connectivity index (χ4v) is 2.54. The lowest BCUT2D eigenvalue weighted by Crippen LogP contribution is -2.30. The Balaban J connectivity index is 2.31. The monoisotopic (exact) mass is 278 g/mol. The fourth-order valence-electron chi connectivity index (χ4n) is 1.86. The van der Waals surface area contributed by atoms with Gasteiger partial charge in [0.1, 0.15) is 23.3 Å². The van der Waals surface area contributed by atoms with Gasteiger partial charge in [0.05, 0.1) is 12.9 Å². The summed E-state index contributed by atoms with van der Waals surface area (Å²) in [7, 11) is -3.67. The zero-order chi connectivity index (χ0) is 13.6. The van der Waals surface area contributed by atoms with Crippen LogP contribution in [0.4, 0.5) is 8.78 Å². The SMILES string of the molecule is C[C@@H](OS(C)(=O)=O)[C@]1(c2ccc(F)cc2F)CO1. The molecular formula is C11H12F2O4S. The lowest BCUT2D eigenvalue weighted by atomic mass is 9.94. The van der Waals surface area contributed by atoms with E-state index in [1.54, 1.807) is 0 Å². The molecule has 0 aromatic heterocycles. The maximum Gasteiger partial charge on any atom is 0.264 e. The summed E-state index contributed by atoms with van der Waals surface area (Å²) in [5, 5.41) is 0. The summed E-state index contributed by atoms with van der Waals surface area (Å²) in [4.78, 5) is 0. The van der Waals surface area contributed by atoms with E-state index in [0.717, 1.165) is 18.4 Å². The second-order valence-electron chi connectivity index (χ2n) is 4.24. The molecule has 0 amide bonds. The van der Waals surface area contributed by atoms with Crippen LogP contribution in [0.15, 0.2) is 18.2 Å². The van der Waals surface area contributed by atoms with Gasteiger partial charge in [0.2, 0.25) is 0 Å². The zero-order valence-electron chi connectivity index (χ0n) is 9.81. The van der Waals surface area contributed by atoms with Crippen LogP contribution in [0.2, 0.25) is 0 Å². The van der Waals surface area contributed by atoms with Crippen LogP contribution in [-0.4, -0.2) is 27.4 Å². The molecule has 1 fully saturated rings. The largest absolute Gasteiger partial charge is 0.361 e. The van der Waals surface area contributed by atoms with Crippen molar-refractivity contribution in [3.05, 3.63) is 35.4 Å². The van der Waals surface area contributed by atoms with E-state index in [-0.39, 0.29) is 12.2 Å². The number of benzene rings is 1. The van der Waals surface area contributed by atoms with Crippen molar-refractivity contribution >= 4 is 10.1 Å². The molecule has 1 aliphatic rings. The summed E-state index contributed by atoms with van der Waals surface area (Å²) in [6, 6.07) is 3.06. The quantitative estimate of drug-likeness (QED) is 0.619. The molecule has 0 unspecified atom stereocenters. The third-order valence-electron chi connectivity index (χ3n) is 2.82. The van der Waals surface area contributed by atoms with Crippen molar-refractivity contribution in [2.24, 2.45) is 0 Å². The van der Waals surface area contributed by atoms with Gasteiger partial charge in [0.25, 0.3) is 10.1 Å². The number of epoxide rings is 1. The molecule has 0 radical (unpaired) electrons. The Labute approximate surface area is 104 Å². The van der Waals surface area contributed by atoms with Gasteiger partial charge in [-0.1, -0.05) is 6.07 Å². The topological polar surface area (TPSA) is 55.9 Å². The van der Waals surface area contributed by atoms with Gasteiger partial charge in [-0.25, -0.2) is 8.78 Å². The van der Waals surface area contributed by atoms with Gasteiger partial charge in [-0.3, -0.25) is 4.18 Å². The smallest absolute Gasteiger partial charge is 0.264 e. The van der Waals surface area contributed by atoms with E-state index in [1.807, 2.05) is 0 Å². The molecule has 0 saturated carbocycles. The summed E-state index contributed by atoms with van der Waals surface area (Å²) in [6.07, 6.45) is 0.0214. The Morgan fingerprint density at radius 1 is 1.44 bits per heavy atom. The first-order valence-corrected chi connectivity index (χ1v) is 7.04. The van der Waals surface area contributed by atoms with E-state index < -0.39 is 33.5 Å². The van der Waals surface area contributed by atoms with Crippen molar-refractivity contribution in [1.29, 1.82) is 0 Å². The van der Waals surface area contributed by atoms with Crippen LogP contribution in [0, 0.1) is 11.6 Å². The molecule has 2 atom stereocenters. The van der Waals surface area contributed by atoms with Gasteiger partial charge in [0, 0.05) is 11.6 Å². The lowest BCUT2D eigenvalue weighted by molar-refractivity contribution is 0.114. The normalized spacial score (nSPS) is 24.9. The van der Waals surface area contributed by atoms with Crippen LogP contribution in [0.5, 0.6) is 0 Å². The van der Waals surface area contributed by atoms with Crippen LogP contribution in [0.1, 0.15) is 12.5 Å². The van der Waals surface area contributed by atoms with Gasteiger partial charge in [-0.15, -0.1) is 0 Å². The van der Waals surface area contributed by atoms with Crippen molar-refractivity contribution in [2.45, 2.75) is 18.6 Å². The molecule has 0 aliphatic carbocycles. The molecule has 1 aromatic carbocycles. The van der Waals surface area contributed by atoms with Crippen LogP contribution >= 0.6 is 0 Å². The molecule has 2 rings (SSSR count). The molecule has 0 N–H and O–H groups in total. The Bertz CT molecular complexity index is 566. The van der Waals surface area contributed by atoms with Gasteiger partial charge in [0.15, 0.2) is 0 Å². The van der Waals surface area contributed by atoms with Crippen molar-refractivity contribution in [3.63, 3.8) is 0 Å². The highest BCUT2D eigenvalue weighted by molar-refractivity contribution is 7.86. The van der Waals surface area contributed by atoms with Crippen LogP contribution in [-0.2, 0) is 24.6 Å². The number of hydrogen-bond donors (Lipinski definition) is 0. The van der Waals surface area contributed by atoms with Crippen LogP contribution in [0.3, 0.4) is 0 Å². The van der Waals surface area contributed by atoms with E-state index in [2.05, 4.69) is 0 Å². The van der Waals surface area contributed by atoms with Crippen molar-refractivity contribution in [1.82, 2.24) is 0 Å². The molecule has 1 aromatic rings. The highest BCUT2D eigenvalue weighted by atomic mass is 32.2. The van der Waals surface area contributed by atoms with Crippen molar-refractivity contribution in [2.75, 3.05) is 12.9 Å². The summed E-state index contributed by atoms with van der Waals surface area (Å²) >= 11 is 0. The Morgan fingerprint density at radius 3 is 2.50 bits per heavy atom. The number of halogens is 2. The van der Waals surface area contributed by atoms with Crippen molar-refractivity contribution < 1.29 is 26.1 Å². The van der Waals surface area contributed by atoms with E-state index in [4.69, 9.17) is 8.92 Å². The maximum absolute atomic E-state index is 13.7. The second-order valence-corrected chi connectivity index (χ2v) is 5.85. The van der Waals surface area contributed by atoms with E-state index in [0.29, 0.717) is 0 Å². The first kappa shape index (κ1) is 13.4. The number of hydrogen-bond acceptors (Lipinski definition) is 4. The summed E-state index contributed by atoms with van der Waals surface area (Å²) in [5.41, 5.74) is -1.05. The predicted octanol–water partition coefficient (Wildman–Crippen LogP) is 1.56. The molecule has 1 aliphatic heterocycles. The van der Waals surface area contributed by atoms with Gasteiger partial charge < -0.3 is 4.74 Å². The standard InChI is InChI=1S/C11H12F2O4S/c1-7(17-18(2,14)15)11(6-16-11)9-4-3-8(12)5-10(9)13/h3-5,7H,6H2,1-2H3/t7-,11+/m1/s1. The van der Waals surface area contributed by atoms with Crippen LogP contribution < -0.4 is 0 Å². The fraction of sp³-hybridized carbons (Fsp3) is 0.455. The van der Waals surface area contributed by atoms with Gasteiger partial charge in [-0.05, 0) is 13.0 Å². The summed E-state index contributed by atoms with van der Waals surface area (Å²) in [6.45, 7) is 1.60. The summed E-state index contributed by atoms with van der Waals surface area (Å²) < 4.78 is 58.5. The first-order valence-electron chi connectivity index (χ1n) is 5.22. The second kappa shape index (κ2) is 4.25. The molecule has 18 heavy (non-hydrogen) atoms. The highest BCUT2D eigenvalue weighted by Crippen LogP contribution is 2.44. The minimum Gasteiger partial charge on any atom is -0.361 e. The van der Waals surface area contributed by atoms with Crippen LogP contribution in [0.25, 0.3) is 0 Å². The van der Waals surface area contributed by atoms with E-state index in [9.17, 15) is 17.2 Å². The molecule has 1 heterocycles. The summed E-state index contributed by atoms with van der Waals surface area (Å²) in [5.74, 6) is -1.49. The predicted molar refractivity (Wildman–Crippen MR) is 59.4 cm³/mol. The molecular weight excluding hydrogens is 266 g/mol. The molecule has 1 saturated heterocycles. The van der Waals surface area contributed by atoms with E-state index >= 15 is 0 Å². The highest BCUT2D eigenvalue weighted by Gasteiger charge is 2.54. The molecule has 100 valence electrons. The minimum atomic E-state index is -3.67. The minimum absolute atomic E-state index is 0.0973. The number of rotatable bonds is 4. The Kier molecular flexibility index (Phi) is 3.16. The Hall–Kier alpha value is -1.05. The first-order chi connectivity index (χ1) is 8.24. The average Bonchev–Trinajstić information content (AvgIpc) is 2.95. The Morgan fingerprint density at radius 2 is 2.06 bits per heavy atom. The average molecular weight is 278 g/mol. The molecule has 0 spiro atoms.